The molecule has 3 aliphatic heterocycles. The minimum atomic E-state index is -0.0826. The van der Waals surface area contributed by atoms with Crippen LogP contribution in [0.5, 0.6) is 0 Å². The molecule has 5 heterocycles. The van der Waals surface area contributed by atoms with Crippen molar-refractivity contribution in [3.63, 3.8) is 0 Å². The maximum absolute atomic E-state index is 13.0. The Hall–Kier alpha value is -2.75. The van der Waals surface area contributed by atoms with Crippen LogP contribution in [0.4, 0.5) is 0 Å². The van der Waals surface area contributed by atoms with Gasteiger partial charge in [0.15, 0.2) is 5.69 Å². The van der Waals surface area contributed by atoms with Gasteiger partial charge in [0.05, 0.1) is 12.6 Å². The van der Waals surface area contributed by atoms with Crippen molar-refractivity contribution in [2.75, 3.05) is 39.3 Å². The Morgan fingerprint density at radius 2 is 1.85 bits per heavy atom. The molecule has 2 aromatic rings. The molecule has 10 nitrogen and oxygen atoms in total. The summed E-state index contributed by atoms with van der Waals surface area (Å²) in [6.45, 7) is 10.0. The summed E-state index contributed by atoms with van der Waals surface area (Å²) in [6.07, 6.45) is 4.74. The Labute approximate surface area is 199 Å². The molecule has 3 aliphatic rings. The fraction of sp³-hybridized carbons (Fsp3) is 0.708. The number of carbonyl (C=O) groups is 2. The number of amides is 2. The monoisotopic (exact) mass is 470 g/mol. The van der Waals surface area contributed by atoms with Gasteiger partial charge in [0, 0.05) is 44.7 Å². The number of rotatable bonds is 5. The van der Waals surface area contributed by atoms with Crippen LogP contribution in [0.3, 0.4) is 0 Å². The summed E-state index contributed by atoms with van der Waals surface area (Å²) in [5.74, 6) is 2.12. The van der Waals surface area contributed by atoms with Crippen LogP contribution in [-0.2, 0) is 4.79 Å². The second-order valence-electron chi connectivity index (χ2n) is 10.5. The molecule has 3 fully saturated rings. The summed E-state index contributed by atoms with van der Waals surface area (Å²) in [5, 5.41) is 12.5. The van der Waals surface area contributed by atoms with Gasteiger partial charge in [-0.25, -0.2) is 0 Å². The average Bonchev–Trinajstić information content (AvgIpc) is 3.61. The van der Waals surface area contributed by atoms with Crippen LogP contribution in [0.25, 0.3) is 0 Å². The molecule has 1 unspecified atom stereocenters. The Kier molecular flexibility index (Phi) is 6.18. The van der Waals surface area contributed by atoms with E-state index >= 15 is 0 Å². The van der Waals surface area contributed by atoms with Crippen molar-refractivity contribution in [2.24, 2.45) is 5.41 Å². The van der Waals surface area contributed by atoms with E-state index in [1.807, 2.05) is 23.6 Å². The highest BCUT2D eigenvalue weighted by molar-refractivity contribution is 5.92. The largest absolute Gasteiger partial charge is 0.423 e. The van der Waals surface area contributed by atoms with Gasteiger partial charge in [0.25, 0.3) is 5.91 Å². The lowest BCUT2D eigenvalue weighted by molar-refractivity contribution is -0.131. The number of hydrogen-bond donors (Lipinski definition) is 0. The summed E-state index contributed by atoms with van der Waals surface area (Å²) in [4.78, 5) is 31.9. The lowest BCUT2D eigenvalue weighted by Gasteiger charge is -2.39. The van der Waals surface area contributed by atoms with Gasteiger partial charge in [-0.3, -0.25) is 14.5 Å². The first kappa shape index (κ1) is 23.0. The van der Waals surface area contributed by atoms with Gasteiger partial charge >= 0.3 is 0 Å². The molecule has 1 atom stereocenters. The standard InChI is InChI=1S/C24H34N6O4/c1-16(2)21-25-26-22(33-21)19-13-24(15-30(19)14-20(31)28-8-4-5-9-28)6-10-29(11-7-24)23(32)18-12-17(3)34-27-18/h12,16,19H,4-11,13-15H2,1-3H3. The molecule has 5 rings (SSSR count). The first-order chi connectivity index (χ1) is 16.3. The first-order valence-electron chi connectivity index (χ1n) is 12.4. The van der Waals surface area contributed by atoms with Gasteiger partial charge in [0.2, 0.25) is 17.7 Å². The number of nitrogens with zero attached hydrogens (tertiary/aromatic N) is 6. The van der Waals surface area contributed by atoms with Crippen molar-refractivity contribution >= 4 is 11.8 Å². The van der Waals surface area contributed by atoms with E-state index in [1.54, 1.807) is 13.0 Å². The van der Waals surface area contributed by atoms with Crippen molar-refractivity contribution in [1.29, 1.82) is 0 Å². The van der Waals surface area contributed by atoms with Crippen LogP contribution < -0.4 is 0 Å². The molecule has 34 heavy (non-hydrogen) atoms. The summed E-state index contributed by atoms with van der Waals surface area (Å²) < 4.78 is 11.1. The molecule has 3 saturated heterocycles. The summed E-state index contributed by atoms with van der Waals surface area (Å²) in [5.41, 5.74) is 0.376. The number of carbonyl (C=O) groups excluding carboxylic acids is 2. The fourth-order valence-electron chi connectivity index (χ4n) is 5.58. The van der Waals surface area contributed by atoms with E-state index in [0.717, 1.165) is 51.7 Å². The minimum Gasteiger partial charge on any atom is -0.423 e. The van der Waals surface area contributed by atoms with Crippen LogP contribution in [0.15, 0.2) is 15.0 Å². The third-order valence-electron chi connectivity index (χ3n) is 7.60. The quantitative estimate of drug-likeness (QED) is 0.656. The third-order valence-corrected chi connectivity index (χ3v) is 7.60. The van der Waals surface area contributed by atoms with E-state index < -0.39 is 0 Å². The molecular weight excluding hydrogens is 436 g/mol. The van der Waals surface area contributed by atoms with Gasteiger partial charge in [-0.15, -0.1) is 10.2 Å². The molecule has 0 aromatic carbocycles. The molecular formula is C24H34N6O4. The lowest BCUT2D eigenvalue weighted by Crippen LogP contribution is -2.45. The van der Waals surface area contributed by atoms with Crippen molar-refractivity contribution in [3.05, 3.63) is 29.3 Å². The maximum atomic E-state index is 13.0. The van der Waals surface area contributed by atoms with Crippen molar-refractivity contribution in [3.8, 4) is 0 Å². The number of aromatic nitrogens is 3. The van der Waals surface area contributed by atoms with Crippen LogP contribution >= 0.6 is 0 Å². The number of hydrogen-bond acceptors (Lipinski definition) is 8. The van der Waals surface area contributed by atoms with Gasteiger partial charge in [-0.05, 0) is 44.4 Å². The van der Waals surface area contributed by atoms with Gasteiger partial charge in [-0.1, -0.05) is 19.0 Å². The van der Waals surface area contributed by atoms with Crippen molar-refractivity contribution in [1.82, 2.24) is 30.1 Å². The SMILES string of the molecule is Cc1cc(C(=O)N2CCC3(CC2)CC(c2nnc(C(C)C)o2)N(CC(=O)N2CCCC2)C3)no1. The molecule has 0 N–H and O–H groups in total. The predicted molar refractivity (Wildman–Crippen MR) is 122 cm³/mol. The number of aryl methyl sites for hydroxylation is 1. The number of likely N-dealkylation sites (tertiary alicyclic amines) is 3. The van der Waals surface area contributed by atoms with E-state index in [0.29, 0.717) is 42.9 Å². The Balaban J connectivity index is 1.31. The normalized spacial score (nSPS) is 22.9. The Morgan fingerprint density at radius 3 is 2.47 bits per heavy atom. The molecule has 0 aliphatic carbocycles. The van der Waals surface area contributed by atoms with Crippen LogP contribution in [0.2, 0.25) is 0 Å². The van der Waals surface area contributed by atoms with Crippen molar-refractivity contribution < 1.29 is 18.5 Å². The molecule has 0 radical (unpaired) electrons. The molecule has 2 amide bonds. The van der Waals surface area contributed by atoms with E-state index in [1.165, 1.54) is 0 Å². The Morgan fingerprint density at radius 1 is 1.12 bits per heavy atom. The van der Waals surface area contributed by atoms with Gasteiger partial charge in [-0.2, -0.15) is 0 Å². The highest BCUT2D eigenvalue weighted by Gasteiger charge is 2.49. The second-order valence-corrected chi connectivity index (χ2v) is 10.5. The Bertz CT molecular complexity index is 1030. The highest BCUT2D eigenvalue weighted by Crippen LogP contribution is 2.49. The predicted octanol–water partition coefficient (Wildman–Crippen LogP) is 2.78. The van der Waals surface area contributed by atoms with Gasteiger partial charge < -0.3 is 18.7 Å². The maximum Gasteiger partial charge on any atom is 0.276 e. The minimum absolute atomic E-state index is 0.0128. The lowest BCUT2D eigenvalue weighted by atomic mass is 9.76. The van der Waals surface area contributed by atoms with Crippen LogP contribution in [0.1, 0.15) is 85.9 Å². The van der Waals surface area contributed by atoms with Crippen LogP contribution in [-0.4, -0.2) is 81.1 Å². The smallest absolute Gasteiger partial charge is 0.276 e. The third kappa shape index (κ3) is 4.47. The zero-order chi connectivity index (χ0) is 23.9. The molecule has 0 saturated carbocycles. The highest BCUT2D eigenvalue weighted by atomic mass is 16.5. The summed E-state index contributed by atoms with van der Waals surface area (Å²) in [7, 11) is 0. The average molecular weight is 471 g/mol. The zero-order valence-electron chi connectivity index (χ0n) is 20.3. The molecule has 1 spiro atoms. The van der Waals surface area contributed by atoms with E-state index in [4.69, 9.17) is 8.94 Å². The van der Waals surface area contributed by atoms with E-state index in [9.17, 15) is 9.59 Å². The van der Waals surface area contributed by atoms with Crippen LogP contribution in [0, 0.1) is 12.3 Å². The first-order valence-corrected chi connectivity index (χ1v) is 12.4. The molecule has 2 aromatic heterocycles. The number of piperidine rings is 1. The van der Waals surface area contributed by atoms with Crippen molar-refractivity contribution in [2.45, 2.75) is 64.8 Å². The van der Waals surface area contributed by atoms with E-state index in [-0.39, 0.29) is 29.2 Å². The molecule has 10 heteroatoms. The fourth-order valence-corrected chi connectivity index (χ4v) is 5.58. The molecule has 184 valence electrons. The molecule has 0 bridgehead atoms. The summed E-state index contributed by atoms with van der Waals surface area (Å²) >= 11 is 0. The second kappa shape index (κ2) is 9.13. The van der Waals surface area contributed by atoms with E-state index in [2.05, 4.69) is 20.3 Å². The van der Waals surface area contributed by atoms with Gasteiger partial charge in [0.1, 0.15) is 5.76 Å². The summed E-state index contributed by atoms with van der Waals surface area (Å²) in [6, 6.07) is 1.61. The zero-order valence-corrected chi connectivity index (χ0v) is 20.3. The topological polar surface area (TPSA) is 109 Å².